The van der Waals surface area contributed by atoms with E-state index < -0.39 is 18.5 Å². The van der Waals surface area contributed by atoms with Crippen molar-refractivity contribution in [3.63, 3.8) is 0 Å². The lowest BCUT2D eigenvalue weighted by Crippen LogP contribution is -2.58. The second-order valence-corrected chi connectivity index (χ2v) is 13.4. The van der Waals surface area contributed by atoms with Crippen molar-refractivity contribution in [3.8, 4) is 0 Å². The second-order valence-electron chi connectivity index (χ2n) is 13.4. The van der Waals surface area contributed by atoms with Crippen molar-refractivity contribution in [3.05, 3.63) is 40.3 Å². The van der Waals surface area contributed by atoms with Gasteiger partial charge in [0, 0.05) is 30.6 Å². The predicted molar refractivity (Wildman–Crippen MR) is 168 cm³/mol. The summed E-state index contributed by atoms with van der Waals surface area (Å²) in [6, 6.07) is 9.37. The first-order valence-corrected chi connectivity index (χ1v) is 16.8. The smallest absolute Gasteiger partial charge is 0.306 e. The van der Waals surface area contributed by atoms with Gasteiger partial charge in [-0.15, -0.1) is 0 Å². The number of hydrogen-bond donors (Lipinski definition) is 1. The Morgan fingerprint density at radius 3 is 2.30 bits per heavy atom. The molecule has 2 N–H and O–H groups in total. The zero-order valence-electron chi connectivity index (χ0n) is 26.0. The molecular weight excluding hydrogens is 558 g/mol. The number of nitrogens with zero attached hydrogens (tertiary/aromatic N) is 4. The number of benzene rings is 1. The number of piperidine rings is 2. The molecule has 10 heteroatoms. The summed E-state index contributed by atoms with van der Waals surface area (Å²) in [6.45, 7) is 1.57. The van der Waals surface area contributed by atoms with Crippen LogP contribution in [0, 0.1) is 11.8 Å². The number of nitrogens with two attached hydrogens (primary N) is 1. The Labute approximate surface area is 259 Å². The number of hydrogen-bond acceptors (Lipinski definition) is 8. The minimum absolute atomic E-state index is 0.00641. The molecule has 44 heavy (non-hydrogen) atoms. The molecule has 2 aromatic rings. The normalized spacial score (nSPS) is 29.2. The van der Waals surface area contributed by atoms with Crippen LogP contribution < -0.4 is 11.3 Å². The Bertz CT molecular complexity index is 1410. The molecule has 6 rings (SSSR count). The third-order valence-corrected chi connectivity index (χ3v) is 10.5. The lowest BCUT2D eigenvalue weighted by Gasteiger charge is -2.54. The number of esters is 1. The number of amides is 1. The molecule has 0 spiro atoms. The minimum atomic E-state index is -0.683. The SMILES string of the molecule is CCOC(=O)CC/C(=N\OCC(N)=O)c1nc2ccccc2n(C2CC3CCC[C@H](C2)N3C2CC3CCCCC(C3)C2)c1=O. The quantitative estimate of drug-likeness (QED) is 0.233. The summed E-state index contributed by atoms with van der Waals surface area (Å²) in [5.74, 6) is 0.660. The molecule has 1 aromatic heterocycles. The average Bonchev–Trinajstić information content (AvgIpc) is 3.17. The lowest BCUT2D eigenvalue weighted by atomic mass is 9.73. The summed E-state index contributed by atoms with van der Waals surface area (Å²) in [5.41, 5.74) is 6.86. The van der Waals surface area contributed by atoms with E-state index in [2.05, 4.69) is 10.1 Å². The minimum Gasteiger partial charge on any atom is -0.466 e. The zero-order valence-corrected chi connectivity index (χ0v) is 26.0. The van der Waals surface area contributed by atoms with Crippen LogP contribution >= 0.6 is 0 Å². The van der Waals surface area contributed by atoms with E-state index in [1.807, 2.05) is 28.8 Å². The molecular formula is C34H47N5O5. The molecule has 0 radical (unpaired) electrons. The lowest BCUT2D eigenvalue weighted by molar-refractivity contribution is -0.142. The van der Waals surface area contributed by atoms with Crippen LogP contribution in [-0.2, 0) is 19.2 Å². The highest BCUT2D eigenvalue weighted by atomic mass is 16.6. The van der Waals surface area contributed by atoms with E-state index in [-0.39, 0.29) is 42.5 Å². The number of aromatic nitrogens is 2. The van der Waals surface area contributed by atoms with Crippen molar-refractivity contribution >= 4 is 28.6 Å². The van der Waals surface area contributed by atoms with Crippen LogP contribution in [0.2, 0.25) is 0 Å². The van der Waals surface area contributed by atoms with Gasteiger partial charge in [0.05, 0.1) is 24.1 Å². The standard InChI is InChI=1S/C34H47N5O5/c1-2-43-32(41)15-14-29(37-44-21-31(35)40)33-34(42)39(30-13-6-5-12-28(30)36-33)27-19-24-10-7-11-25(20-27)38(24)26-17-22-8-3-4-9-23(16-22)18-26/h5-6,12-13,22-27H,2-4,7-11,14-21H2,1H3,(H2,35,40)/b37-29+/t22?,23?,24-,25?,26?,27?/m1/s1. The Balaban J connectivity index is 1.33. The third-order valence-electron chi connectivity index (χ3n) is 10.5. The van der Waals surface area contributed by atoms with Gasteiger partial charge < -0.3 is 19.9 Å². The van der Waals surface area contributed by atoms with Gasteiger partial charge in [-0.2, -0.15) is 0 Å². The molecule has 1 aromatic carbocycles. The molecule has 3 heterocycles. The van der Waals surface area contributed by atoms with Crippen LogP contribution in [0.25, 0.3) is 11.0 Å². The number of carbonyl (C=O) groups excluding carboxylic acids is 2. The van der Waals surface area contributed by atoms with E-state index in [0.29, 0.717) is 23.6 Å². The van der Waals surface area contributed by atoms with E-state index in [0.717, 1.165) is 30.2 Å². The Kier molecular flexibility index (Phi) is 9.64. The molecule has 2 aliphatic heterocycles. The van der Waals surface area contributed by atoms with Crippen LogP contribution in [0.3, 0.4) is 0 Å². The molecule has 4 unspecified atom stereocenters. The fourth-order valence-corrected chi connectivity index (χ4v) is 8.85. The van der Waals surface area contributed by atoms with Crippen molar-refractivity contribution in [2.45, 2.75) is 121 Å². The molecule has 5 atom stereocenters. The van der Waals surface area contributed by atoms with E-state index in [1.165, 1.54) is 64.2 Å². The number of fused-ring (bicyclic) bond motifs is 5. The monoisotopic (exact) mass is 605 g/mol. The highest BCUT2D eigenvalue weighted by molar-refractivity contribution is 6.00. The molecule has 2 saturated heterocycles. The molecule has 10 nitrogen and oxygen atoms in total. The first-order chi connectivity index (χ1) is 21.4. The van der Waals surface area contributed by atoms with Gasteiger partial charge in [-0.25, -0.2) is 4.98 Å². The van der Waals surface area contributed by atoms with Crippen LogP contribution in [0.4, 0.5) is 0 Å². The topological polar surface area (TPSA) is 129 Å². The van der Waals surface area contributed by atoms with Crippen molar-refractivity contribution in [1.82, 2.24) is 14.5 Å². The number of ether oxygens (including phenoxy) is 1. The van der Waals surface area contributed by atoms with Gasteiger partial charge in [0.2, 0.25) is 0 Å². The molecule has 4 fully saturated rings. The summed E-state index contributed by atoms with van der Waals surface area (Å²) in [7, 11) is 0. The van der Waals surface area contributed by atoms with Crippen LogP contribution in [-0.4, -0.2) is 63.4 Å². The molecule has 238 valence electrons. The van der Waals surface area contributed by atoms with Crippen LogP contribution in [0.5, 0.6) is 0 Å². The van der Waals surface area contributed by atoms with Crippen LogP contribution in [0.15, 0.2) is 34.2 Å². The summed E-state index contributed by atoms with van der Waals surface area (Å²) in [4.78, 5) is 50.8. The Morgan fingerprint density at radius 1 is 0.909 bits per heavy atom. The first kappa shape index (κ1) is 30.7. The highest BCUT2D eigenvalue weighted by Gasteiger charge is 2.45. The summed E-state index contributed by atoms with van der Waals surface area (Å²) >= 11 is 0. The number of para-hydroxylation sites is 2. The molecule has 1 amide bonds. The maximum atomic E-state index is 14.4. The van der Waals surface area contributed by atoms with Crippen LogP contribution in [0.1, 0.15) is 109 Å². The Hall–Kier alpha value is -3.27. The fraction of sp³-hybridized carbons (Fsp3) is 0.676. The molecule has 4 aliphatic rings. The number of carbonyl (C=O) groups is 2. The molecule has 2 saturated carbocycles. The van der Waals surface area contributed by atoms with Crippen molar-refractivity contribution in [1.29, 1.82) is 0 Å². The maximum absolute atomic E-state index is 14.4. The summed E-state index contributed by atoms with van der Waals surface area (Å²) in [5, 5.41) is 4.11. The van der Waals surface area contributed by atoms with Gasteiger partial charge in [-0.3, -0.25) is 19.3 Å². The second kappa shape index (κ2) is 13.8. The van der Waals surface area contributed by atoms with E-state index in [9.17, 15) is 14.4 Å². The third kappa shape index (κ3) is 6.70. The van der Waals surface area contributed by atoms with E-state index in [1.54, 1.807) is 6.92 Å². The van der Waals surface area contributed by atoms with Crippen molar-refractivity contribution in [2.24, 2.45) is 22.7 Å². The number of rotatable bonds is 10. The fourth-order valence-electron chi connectivity index (χ4n) is 8.85. The summed E-state index contributed by atoms with van der Waals surface area (Å²) < 4.78 is 7.05. The van der Waals surface area contributed by atoms with Gasteiger partial charge in [-0.05, 0) is 75.8 Å². The highest BCUT2D eigenvalue weighted by Crippen LogP contribution is 2.47. The number of oxime groups is 1. The number of primary amides is 1. The Morgan fingerprint density at radius 2 is 1.61 bits per heavy atom. The largest absolute Gasteiger partial charge is 0.466 e. The summed E-state index contributed by atoms with van der Waals surface area (Å²) in [6.07, 6.45) is 15.2. The molecule has 4 bridgehead atoms. The van der Waals surface area contributed by atoms with Gasteiger partial charge in [0.1, 0.15) is 5.71 Å². The van der Waals surface area contributed by atoms with E-state index >= 15 is 0 Å². The predicted octanol–water partition coefficient (Wildman–Crippen LogP) is 4.86. The first-order valence-electron chi connectivity index (χ1n) is 16.8. The van der Waals surface area contributed by atoms with Gasteiger partial charge in [0.25, 0.3) is 11.5 Å². The van der Waals surface area contributed by atoms with Crippen molar-refractivity contribution in [2.75, 3.05) is 13.2 Å². The van der Waals surface area contributed by atoms with Gasteiger partial charge in [0.15, 0.2) is 12.3 Å². The van der Waals surface area contributed by atoms with Gasteiger partial charge in [-0.1, -0.05) is 49.4 Å². The molecule has 2 aliphatic carbocycles. The van der Waals surface area contributed by atoms with E-state index in [4.69, 9.17) is 20.3 Å². The average molecular weight is 606 g/mol. The van der Waals surface area contributed by atoms with Gasteiger partial charge >= 0.3 is 5.97 Å². The maximum Gasteiger partial charge on any atom is 0.306 e. The van der Waals surface area contributed by atoms with Crippen molar-refractivity contribution < 1.29 is 19.2 Å². The zero-order chi connectivity index (χ0) is 30.6.